The molecular weight excluding hydrogens is 492 g/mol. The van der Waals surface area contributed by atoms with Crippen LogP contribution in [0.1, 0.15) is 48.1 Å². The number of carbonyl (C=O) groups excluding carboxylic acids is 3. The number of piperidine rings is 1. The maximum atomic E-state index is 13.4. The summed E-state index contributed by atoms with van der Waals surface area (Å²) in [7, 11) is 0. The van der Waals surface area contributed by atoms with Crippen LogP contribution in [-0.4, -0.2) is 61.0 Å². The minimum atomic E-state index is -0.234. The molecule has 3 aliphatic rings. The van der Waals surface area contributed by atoms with Crippen molar-refractivity contribution in [3.05, 3.63) is 71.3 Å². The van der Waals surface area contributed by atoms with Crippen molar-refractivity contribution in [1.82, 2.24) is 23.8 Å². The molecule has 0 bridgehead atoms. The lowest BCUT2D eigenvalue weighted by Crippen LogP contribution is -2.45. The Bertz CT molecular complexity index is 1780. The maximum Gasteiger partial charge on any atom is 0.320 e. The summed E-state index contributed by atoms with van der Waals surface area (Å²) in [4.78, 5) is 48.2. The number of nitrogens with zero attached hydrogens (tertiary/aromatic N) is 6. The first-order valence-corrected chi connectivity index (χ1v) is 13.4. The molecule has 9 heteroatoms. The second kappa shape index (κ2) is 8.95. The molecule has 1 aliphatic carbocycles. The van der Waals surface area contributed by atoms with Gasteiger partial charge in [0.25, 0.3) is 0 Å². The third kappa shape index (κ3) is 3.67. The molecule has 1 fully saturated rings. The molecule has 5 heterocycles. The average Bonchev–Trinajstić information content (AvgIpc) is 3.58. The van der Waals surface area contributed by atoms with Gasteiger partial charge in [0, 0.05) is 61.6 Å². The van der Waals surface area contributed by atoms with Crippen LogP contribution in [0.2, 0.25) is 0 Å². The van der Waals surface area contributed by atoms with Gasteiger partial charge in [-0.15, -0.1) is 0 Å². The number of likely N-dealkylation sites (tertiary alicyclic amines) is 1. The zero-order valence-corrected chi connectivity index (χ0v) is 21.4. The van der Waals surface area contributed by atoms with Crippen molar-refractivity contribution in [2.45, 2.75) is 38.8 Å². The standard InChI is InChI=1S/C30H26N6O3/c31-15-19-12-20-17-35(30(39)33-7-3-1-4-8-33)11-10-34-18-22(21(13-19)29(20)34)27-24(37)14-25(38)28(27)23-16-32-26-6-2-5-9-36(23)26/h2,5-6,9,12-13,16,18H,1,3-4,7-8,10-11,14,17H2. The Morgan fingerprint density at radius 2 is 1.77 bits per heavy atom. The van der Waals surface area contributed by atoms with Gasteiger partial charge in [-0.1, -0.05) is 6.07 Å². The molecule has 0 N–H and O–H groups in total. The average molecular weight is 519 g/mol. The van der Waals surface area contributed by atoms with Crippen LogP contribution in [0.5, 0.6) is 0 Å². The number of nitriles is 1. The molecule has 9 nitrogen and oxygen atoms in total. The summed E-state index contributed by atoms with van der Waals surface area (Å²) in [6.45, 7) is 3.00. The summed E-state index contributed by atoms with van der Waals surface area (Å²) in [6, 6.07) is 11.5. The fraction of sp³-hybridized carbons (Fsp3) is 0.300. The number of imidazole rings is 1. The predicted molar refractivity (Wildman–Crippen MR) is 145 cm³/mol. The number of carbonyl (C=O) groups is 3. The third-order valence-electron chi connectivity index (χ3n) is 8.12. The van der Waals surface area contributed by atoms with E-state index in [9.17, 15) is 19.6 Å². The molecule has 1 aromatic carbocycles. The SMILES string of the molecule is N#Cc1cc2c3c(c1)c(C1=C(c4cnc5ccccn45)C(=O)CC1=O)cn3CCN(C(=O)N1CCCCC1)C2. The van der Waals surface area contributed by atoms with Gasteiger partial charge in [-0.2, -0.15) is 5.26 Å². The van der Waals surface area contributed by atoms with E-state index in [1.54, 1.807) is 12.3 Å². The number of hydrogen-bond acceptors (Lipinski definition) is 5. The highest BCUT2D eigenvalue weighted by atomic mass is 16.2. The number of allylic oxidation sites excluding steroid dienone is 2. The van der Waals surface area contributed by atoms with Gasteiger partial charge in [-0.25, -0.2) is 9.78 Å². The Morgan fingerprint density at radius 1 is 0.949 bits per heavy atom. The number of urea groups is 1. The molecule has 1 saturated heterocycles. The van der Waals surface area contributed by atoms with Crippen molar-refractivity contribution >= 4 is 45.3 Å². The molecule has 39 heavy (non-hydrogen) atoms. The molecule has 0 saturated carbocycles. The van der Waals surface area contributed by atoms with E-state index in [1.165, 1.54) is 0 Å². The smallest absolute Gasteiger partial charge is 0.320 e. The van der Waals surface area contributed by atoms with Gasteiger partial charge < -0.3 is 14.4 Å². The number of fused-ring (bicyclic) bond motifs is 1. The van der Waals surface area contributed by atoms with Crippen molar-refractivity contribution < 1.29 is 14.4 Å². The molecule has 0 radical (unpaired) electrons. The molecule has 3 aromatic heterocycles. The predicted octanol–water partition coefficient (Wildman–Crippen LogP) is 4.03. The molecule has 7 rings (SSSR count). The van der Waals surface area contributed by atoms with Crippen molar-refractivity contribution in [3.63, 3.8) is 0 Å². The van der Waals surface area contributed by atoms with Gasteiger partial charge in [0.1, 0.15) is 5.65 Å². The van der Waals surface area contributed by atoms with Gasteiger partial charge in [-0.3, -0.25) is 14.0 Å². The molecule has 4 aromatic rings. The van der Waals surface area contributed by atoms with Crippen LogP contribution < -0.4 is 0 Å². The lowest BCUT2D eigenvalue weighted by Gasteiger charge is -2.32. The normalized spacial score (nSPS) is 17.8. The van der Waals surface area contributed by atoms with Crippen LogP contribution in [0.15, 0.2) is 48.9 Å². The van der Waals surface area contributed by atoms with Crippen LogP contribution in [0.4, 0.5) is 4.79 Å². The van der Waals surface area contributed by atoms with E-state index in [1.807, 2.05) is 50.9 Å². The van der Waals surface area contributed by atoms with Gasteiger partial charge in [-0.05, 0) is 49.1 Å². The number of benzene rings is 1. The second-order valence-electron chi connectivity index (χ2n) is 10.5. The van der Waals surface area contributed by atoms with Gasteiger partial charge in [0.15, 0.2) is 11.6 Å². The second-order valence-corrected chi connectivity index (χ2v) is 10.5. The minimum Gasteiger partial charge on any atom is -0.345 e. The summed E-state index contributed by atoms with van der Waals surface area (Å²) in [5.74, 6) is -0.466. The number of Topliss-reactive ketones (excluding diaryl/α,β-unsaturated/α-hetero) is 2. The molecule has 0 atom stereocenters. The summed E-state index contributed by atoms with van der Waals surface area (Å²) in [5, 5.41) is 10.6. The third-order valence-corrected chi connectivity index (χ3v) is 8.12. The summed E-state index contributed by atoms with van der Waals surface area (Å²) in [5.41, 5.74) is 4.88. The van der Waals surface area contributed by atoms with E-state index in [0.717, 1.165) is 48.8 Å². The van der Waals surface area contributed by atoms with E-state index < -0.39 is 0 Å². The largest absolute Gasteiger partial charge is 0.345 e. The number of ketones is 2. The van der Waals surface area contributed by atoms with Crippen LogP contribution in [0.25, 0.3) is 27.7 Å². The van der Waals surface area contributed by atoms with Crippen LogP contribution in [0, 0.1) is 11.3 Å². The quantitative estimate of drug-likeness (QED) is 0.373. The molecule has 0 unspecified atom stereocenters. The Kier molecular flexibility index (Phi) is 5.37. The molecule has 0 spiro atoms. The number of pyridine rings is 1. The summed E-state index contributed by atoms with van der Waals surface area (Å²) < 4.78 is 3.89. The van der Waals surface area contributed by atoms with E-state index in [4.69, 9.17) is 0 Å². The Morgan fingerprint density at radius 3 is 2.59 bits per heavy atom. The Balaban J connectivity index is 1.39. The lowest BCUT2D eigenvalue weighted by atomic mass is 9.96. The van der Waals surface area contributed by atoms with Crippen LogP contribution in [0.3, 0.4) is 0 Å². The van der Waals surface area contributed by atoms with Crippen LogP contribution >= 0.6 is 0 Å². The summed E-state index contributed by atoms with van der Waals surface area (Å²) in [6.07, 6.45) is 8.39. The summed E-state index contributed by atoms with van der Waals surface area (Å²) >= 11 is 0. The van der Waals surface area contributed by atoms with Gasteiger partial charge in [0.05, 0.1) is 41.0 Å². The van der Waals surface area contributed by atoms with Gasteiger partial charge >= 0.3 is 6.03 Å². The number of amides is 2. The van der Waals surface area contributed by atoms with E-state index in [2.05, 4.69) is 15.6 Å². The fourth-order valence-corrected chi connectivity index (χ4v) is 6.33. The monoisotopic (exact) mass is 518 g/mol. The topological polar surface area (TPSA) is 104 Å². The number of hydrogen-bond donors (Lipinski definition) is 0. The zero-order valence-electron chi connectivity index (χ0n) is 21.4. The zero-order chi connectivity index (χ0) is 26.7. The Hall–Kier alpha value is -4.71. The van der Waals surface area contributed by atoms with Crippen LogP contribution in [-0.2, 0) is 22.7 Å². The van der Waals surface area contributed by atoms with Crippen molar-refractivity contribution in [1.29, 1.82) is 5.26 Å². The number of rotatable bonds is 2. The van der Waals surface area contributed by atoms with Crippen molar-refractivity contribution in [3.8, 4) is 6.07 Å². The minimum absolute atomic E-state index is 0.0327. The van der Waals surface area contributed by atoms with Crippen molar-refractivity contribution in [2.24, 2.45) is 0 Å². The van der Waals surface area contributed by atoms with Crippen molar-refractivity contribution in [2.75, 3.05) is 19.6 Å². The highest BCUT2D eigenvalue weighted by Gasteiger charge is 2.36. The highest BCUT2D eigenvalue weighted by molar-refractivity contribution is 6.51. The first-order chi connectivity index (χ1) is 19.0. The van der Waals surface area contributed by atoms with Gasteiger partial charge in [0.2, 0.25) is 0 Å². The lowest BCUT2D eigenvalue weighted by molar-refractivity contribution is -0.119. The fourth-order valence-electron chi connectivity index (χ4n) is 6.33. The van der Waals surface area contributed by atoms with E-state index in [-0.39, 0.29) is 24.0 Å². The first-order valence-electron chi connectivity index (χ1n) is 13.4. The van der Waals surface area contributed by atoms with E-state index >= 15 is 0 Å². The molecule has 2 amide bonds. The highest BCUT2D eigenvalue weighted by Crippen LogP contribution is 2.41. The molecule has 2 aliphatic heterocycles. The maximum absolute atomic E-state index is 13.4. The first kappa shape index (κ1) is 23.4. The molecule has 194 valence electrons. The molecular formula is C30H26N6O3. The number of aromatic nitrogens is 3. The Labute approximate surface area is 224 Å². The van der Waals surface area contributed by atoms with E-state index in [0.29, 0.717) is 53.2 Å².